The molecule has 1 aromatic carbocycles. The maximum absolute atomic E-state index is 12.1. The van der Waals surface area contributed by atoms with Crippen LogP contribution in [0.1, 0.15) is 12.0 Å². The molecule has 1 amide bonds. The van der Waals surface area contributed by atoms with Gasteiger partial charge in [-0.3, -0.25) is 4.79 Å². The van der Waals surface area contributed by atoms with Gasteiger partial charge in [-0.1, -0.05) is 29.3 Å². The predicted octanol–water partition coefficient (Wildman–Crippen LogP) is 2.20. The molecule has 1 aliphatic rings. The van der Waals surface area contributed by atoms with E-state index in [1.54, 1.807) is 18.2 Å². The second kappa shape index (κ2) is 6.69. The van der Waals surface area contributed by atoms with Crippen molar-refractivity contribution in [2.24, 2.45) is 0 Å². The van der Waals surface area contributed by atoms with E-state index in [1.807, 2.05) is 0 Å². The van der Waals surface area contributed by atoms with Gasteiger partial charge < -0.3 is 5.32 Å². The van der Waals surface area contributed by atoms with Crippen LogP contribution in [0.2, 0.25) is 10.0 Å². The molecular formula is C14H12Cl2N2O3S. The smallest absolute Gasteiger partial charge is 0.262 e. The van der Waals surface area contributed by atoms with Crippen molar-refractivity contribution in [3.8, 4) is 6.07 Å². The summed E-state index contributed by atoms with van der Waals surface area (Å²) in [6.07, 6.45) is 1.70. The summed E-state index contributed by atoms with van der Waals surface area (Å²) in [4.78, 5) is 12.1. The van der Waals surface area contributed by atoms with Gasteiger partial charge in [-0.25, -0.2) is 8.42 Å². The van der Waals surface area contributed by atoms with Gasteiger partial charge in [-0.05, 0) is 30.2 Å². The Balaban J connectivity index is 2.16. The molecule has 2 rings (SSSR count). The Morgan fingerprint density at radius 1 is 1.41 bits per heavy atom. The fraction of sp³-hybridized carbons (Fsp3) is 0.286. The standard InChI is InChI=1S/C14H12Cl2N2O3S/c15-11-2-1-9(13(16)6-11)5-10(7-17)14(19)18-12-3-4-22(20,21)8-12/h1-2,5-6,12H,3-4,8H2,(H,18,19). The van der Waals surface area contributed by atoms with E-state index in [0.29, 0.717) is 22.0 Å². The summed E-state index contributed by atoms with van der Waals surface area (Å²) in [5, 5.41) is 12.4. The normalized spacial score (nSPS) is 20.4. The van der Waals surface area contributed by atoms with Gasteiger partial charge in [0.25, 0.3) is 5.91 Å². The number of benzene rings is 1. The van der Waals surface area contributed by atoms with Crippen LogP contribution in [0, 0.1) is 11.3 Å². The number of sulfone groups is 1. The Hall–Kier alpha value is -1.55. The Labute approximate surface area is 138 Å². The van der Waals surface area contributed by atoms with Gasteiger partial charge in [0.1, 0.15) is 11.6 Å². The van der Waals surface area contributed by atoms with Crippen molar-refractivity contribution in [1.29, 1.82) is 5.26 Å². The first-order valence-electron chi connectivity index (χ1n) is 6.39. The molecule has 1 unspecified atom stereocenters. The third-order valence-electron chi connectivity index (χ3n) is 3.20. The third-order valence-corrected chi connectivity index (χ3v) is 5.53. The van der Waals surface area contributed by atoms with Crippen LogP contribution in [0.25, 0.3) is 6.08 Å². The van der Waals surface area contributed by atoms with E-state index in [0.717, 1.165) is 0 Å². The Morgan fingerprint density at radius 3 is 2.68 bits per heavy atom. The molecule has 0 aromatic heterocycles. The summed E-state index contributed by atoms with van der Waals surface area (Å²) in [7, 11) is -3.10. The lowest BCUT2D eigenvalue weighted by molar-refractivity contribution is -0.117. The summed E-state index contributed by atoms with van der Waals surface area (Å²) in [5.74, 6) is -0.665. The van der Waals surface area contributed by atoms with E-state index in [9.17, 15) is 13.2 Å². The molecule has 0 radical (unpaired) electrons. The first-order valence-corrected chi connectivity index (χ1v) is 8.96. The Morgan fingerprint density at radius 2 is 2.14 bits per heavy atom. The molecule has 0 spiro atoms. The average molecular weight is 359 g/mol. The van der Waals surface area contributed by atoms with E-state index in [1.165, 1.54) is 12.1 Å². The van der Waals surface area contributed by atoms with Crippen molar-refractivity contribution >= 4 is 45.0 Å². The molecule has 1 aromatic rings. The minimum atomic E-state index is -3.10. The van der Waals surface area contributed by atoms with Crippen LogP contribution >= 0.6 is 23.2 Å². The molecule has 1 N–H and O–H groups in total. The monoisotopic (exact) mass is 358 g/mol. The van der Waals surface area contributed by atoms with Gasteiger partial charge in [-0.15, -0.1) is 0 Å². The predicted molar refractivity (Wildman–Crippen MR) is 85.3 cm³/mol. The highest BCUT2D eigenvalue weighted by molar-refractivity contribution is 7.91. The number of amides is 1. The highest BCUT2D eigenvalue weighted by atomic mass is 35.5. The number of rotatable bonds is 3. The molecule has 1 saturated heterocycles. The second-order valence-corrected chi connectivity index (χ2v) is 7.98. The fourth-order valence-corrected chi connectivity index (χ4v) is 4.23. The van der Waals surface area contributed by atoms with Gasteiger partial charge >= 0.3 is 0 Å². The summed E-state index contributed by atoms with van der Waals surface area (Å²) >= 11 is 11.8. The molecule has 1 atom stereocenters. The van der Waals surface area contributed by atoms with Gasteiger partial charge in [0.05, 0.1) is 11.5 Å². The maximum atomic E-state index is 12.1. The van der Waals surface area contributed by atoms with Crippen molar-refractivity contribution < 1.29 is 13.2 Å². The second-order valence-electron chi connectivity index (χ2n) is 4.91. The molecule has 0 saturated carbocycles. The highest BCUT2D eigenvalue weighted by Gasteiger charge is 2.29. The number of nitrogens with one attached hydrogen (secondary N) is 1. The molecule has 5 nitrogen and oxygen atoms in total. The number of carbonyl (C=O) groups excluding carboxylic acids is 1. The van der Waals surface area contributed by atoms with Crippen molar-refractivity contribution in [1.82, 2.24) is 5.32 Å². The van der Waals surface area contributed by atoms with E-state index < -0.39 is 21.8 Å². The molecule has 1 heterocycles. The first kappa shape index (κ1) is 16.8. The van der Waals surface area contributed by atoms with Crippen LogP contribution in [0.5, 0.6) is 0 Å². The van der Waals surface area contributed by atoms with Crippen molar-refractivity contribution in [3.05, 3.63) is 39.4 Å². The van der Waals surface area contributed by atoms with Crippen LogP contribution in [-0.4, -0.2) is 31.9 Å². The molecule has 1 aliphatic heterocycles. The lowest BCUT2D eigenvalue weighted by Gasteiger charge is -2.10. The van der Waals surface area contributed by atoms with E-state index in [2.05, 4.69) is 5.32 Å². The topological polar surface area (TPSA) is 87.0 Å². The average Bonchev–Trinajstić information content (AvgIpc) is 2.77. The van der Waals surface area contributed by atoms with E-state index >= 15 is 0 Å². The van der Waals surface area contributed by atoms with Crippen LogP contribution in [-0.2, 0) is 14.6 Å². The molecule has 0 bridgehead atoms. The Bertz CT molecular complexity index is 782. The number of nitriles is 1. The minimum absolute atomic E-state index is 0.0482. The summed E-state index contributed by atoms with van der Waals surface area (Å²) in [5.41, 5.74) is 0.338. The molecular weight excluding hydrogens is 347 g/mol. The molecule has 0 aliphatic carbocycles. The minimum Gasteiger partial charge on any atom is -0.348 e. The zero-order chi connectivity index (χ0) is 16.3. The lowest BCUT2D eigenvalue weighted by atomic mass is 10.1. The van der Waals surface area contributed by atoms with Crippen LogP contribution in [0.3, 0.4) is 0 Å². The van der Waals surface area contributed by atoms with Crippen LogP contribution in [0.4, 0.5) is 0 Å². The lowest BCUT2D eigenvalue weighted by Crippen LogP contribution is -2.36. The quantitative estimate of drug-likeness (QED) is 0.662. The third kappa shape index (κ3) is 4.23. The van der Waals surface area contributed by atoms with Crippen molar-refractivity contribution in [3.63, 3.8) is 0 Å². The summed E-state index contributed by atoms with van der Waals surface area (Å²) in [6.45, 7) is 0. The SMILES string of the molecule is N#CC(=Cc1ccc(Cl)cc1Cl)C(=O)NC1CCS(=O)(=O)C1. The van der Waals surface area contributed by atoms with Gasteiger partial charge in [0.2, 0.25) is 0 Å². The highest BCUT2D eigenvalue weighted by Crippen LogP contribution is 2.23. The molecule has 8 heteroatoms. The first-order chi connectivity index (χ1) is 10.3. The molecule has 22 heavy (non-hydrogen) atoms. The van der Waals surface area contributed by atoms with E-state index in [4.69, 9.17) is 28.5 Å². The Kier molecular flexibility index (Phi) is 5.12. The van der Waals surface area contributed by atoms with Gasteiger partial charge in [0.15, 0.2) is 9.84 Å². The van der Waals surface area contributed by atoms with Gasteiger partial charge in [-0.2, -0.15) is 5.26 Å². The largest absolute Gasteiger partial charge is 0.348 e. The molecule has 116 valence electrons. The zero-order valence-electron chi connectivity index (χ0n) is 11.3. The summed E-state index contributed by atoms with van der Waals surface area (Å²) < 4.78 is 22.7. The van der Waals surface area contributed by atoms with Crippen LogP contribution < -0.4 is 5.32 Å². The van der Waals surface area contributed by atoms with Gasteiger partial charge in [0, 0.05) is 16.1 Å². The fourth-order valence-electron chi connectivity index (χ4n) is 2.09. The maximum Gasteiger partial charge on any atom is 0.262 e. The number of nitrogens with zero attached hydrogens (tertiary/aromatic N) is 1. The number of hydrogen-bond acceptors (Lipinski definition) is 4. The number of halogens is 2. The number of hydrogen-bond donors (Lipinski definition) is 1. The number of carbonyl (C=O) groups is 1. The van der Waals surface area contributed by atoms with Crippen LogP contribution in [0.15, 0.2) is 23.8 Å². The van der Waals surface area contributed by atoms with E-state index in [-0.39, 0.29) is 17.1 Å². The molecule has 1 fully saturated rings. The summed E-state index contributed by atoms with van der Waals surface area (Å²) in [6, 6.07) is 6.02. The van der Waals surface area contributed by atoms with Crippen molar-refractivity contribution in [2.45, 2.75) is 12.5 Å². The van der Waals surface area contributed by atoms with Crippen molar-refractivity contribution in [2.75, 3.05) is 11.5 Å². The zero-order valence-corrected chi connectivity index (χ0v) is 13.7.